The molecule has 7 heteroatoms. The number of rotatable bonds is 10. The number of ether oxygens (including phenoxy) is 1. The van der Waals surface area contributed by atoms with Crippen LogP contribution in [-0.2, 0) is 11.2 Å². The second kappa shape index (κ2) is 11.7. The van der Waals surface area contributed by atoms with Crippen LogP contribution in [0.2, 0.25) is 0 Å². The molecule has 1 amide bonds. The molecule has 0 radical (unpaired) electrons. The number of aryl methyl sites for hydroxylation is 1. The van der Waals surface area contributed by atoms with Gasteiger partial charge in [0.2, 0.25) is 0 Å². The lowest BCUT2D eigenvalue weighted by atomic mass is 9.90. The van der Waals surface area contributed by atoms with E-state index < -0.39 is 5.97 Å². The molecule has 204 valence electrons. The fourth-order valence-electron chi connectivity index (χ4n) is 5.04. The summed E-state index contributed by atoms with van der Waals surface area (Å²) in [5.74, 6) is 0.282. The summed E-state index contributed by atoms with van der Waals surface area (Å²) in [7, 11) is 1.65. The fraction of sp³-hybridized carbons (Fsp3) is 0.273. The lowest BCUT2D eigenvalue weighted by Gasteiger charge is -2.39. The number of methoxy groups -OCH3 is 1. The minimum atomic E-state index is -0.803. The molecular weight excluding hydrogens is 502 g/mol. The minimum absolute atomic E-state index is 0.0229. The van der Waals surface area contributed by atoms with Gasteiger partial charge in [0.15, 0.2) is 0 Å². The summed E-state index contributed by atoms with van der Waals surface area (Å²) < 4.78 is 5.34. The van der Waals surface area contributed by atoms with Crippen LogP contribution in [0.3, 0.4) is 0 Å². The van der Waals surface area contributed by atoms with E-state index in [1.165, 1.54) is 5.56 Å². The number of aromatic nitrogens is 2. The molecular formula is C33H33N3O4. The first-order chi connectivity index (χ1) is 19.3. The Kier molecular flexibility index (Phi) is 7.91. The van der Waals surface area contributed by atoms with Crippen molar-refractivity contribution in [3.8, 4) is 17.0 Å². The van der Waals surface area contributed by atoms with Crippen LogP contribution in [0.1, 0.15) is 59.3 Å². The van der Waals surface area contributed by atoms with Gasteiger partial charge in [0.25, 0.3) is 5.91 Å². The summed E-state index contributed by atoms with van der Waals surface area (Å²) >= 11 is 0. The Morgan fingerprint density at radius 3 is 2.42 bits per heavy atom. The lowest BCUT2D eigenvalue weighted by molar-refractivity contribution is -0.137. The molecule has 0 unspecified atom stereocenters. The number of likely N-dealkylation sites (tertiary alicyclic amines) is 1. The molecule has 2 heterocycles. The topological polar surface area (TPSA) is 92.6 Å². The number of benzene rings is 3. The molecule has 3 aromatic carbocycles. The number of carbonyl (C=O) groups is 2. The van der Waals surface area contributed by atoms with Crippen LogP contribution in [0.5, 0.6) is 5.75 Å². The smallest absolute Gasteiger partial charge is 0.303 e. The normalized spacial score (nSPS) is 13.2. The molecule has 0 saturated carbocycles. The molecule has 1 saturated heterocycles. The highest BCUT2D eigenvalue weighted by molar-refractivity contribution is 5.98. The number of carbonyl (C=O) groups excluding carboxylic acids is 1. The highest BCUT2D eigenvalue weighted by Crippen LogP contribution is 2.31. The average Bonchev–Trinajstić information content (AvgIpc) is 2.93. The van der Waals surface area contributed by atoms with Gasteiger partial charge in [-0.15, -0.1) is 0 Å². The van der Waals surface area contributed by atoms with E-state index in [0.717, 1.165) is 33.8 Å². The van der Waals surface area contributed by atoms with Crippen molar-refractivity contribution in [1.29, 1.82) is 0 Å². The van der Waals surface area contributed by atoms with Gasteiger partial charge in [0.05, 0.1) is 29.5 Å². The maximum atomic E-state index is 13.3. The molecule has 0 aliphatic carbocycles. The minimum Gasteiger partial charge on any atom is -0.497 e. The highest BCUT2D eigenvalue weighted by atomic mass is 16.5. The molecule has 7 nitrogen and oxygen atoms in total. The number of carboxylic acid groups (broad SMARTS) is 1. The number of unbranched alkanes of at least 4 members (excludes halogenated alkanes) is 1. The third kappa shape index (κ3) is 5.88. The van der Waals surface area contributed by atoms with Crippen LogP contribution in [-0.4, -0.2) is 52.1 Å². The standard InChI is InChI=1S/C33H33N3O4/c1-21(2)22-11-13-23(14-12-22)32-29(9-4-5-10-31(37)38)34-30-18-25(15-16-28(30)35-32)33(39)36-19-26(20-36)24-7-6-8-27(17-24)40-3/h6-8,11-18,26H,1,4-5,9-10,19-20H2,2-3H3,(H,37,38). The first kappa shape index (κ1) is 27.1. The average molecular weight is 536 g/mol. The second-order valence-electron chi connectivity index (χ2n) is 10.4. The molecule has 0 spiro atoms. The molecule has 40 heavy (non-hydrogen) atoms. The third-order valence-corrected chi connectivity index (χ3v) is 7.42. The summed E-state index contributed by atoms with van der Waals surface area (Å²) in [4.78, 5) is 36.0. The Morgan fingerprint density at radius 2 is 1.73 bits per heavy atom. The number of carboxylic acids is 1. The highest BCUT2D eigenvalue weighted by Gasteiger charge is 2.32. The largest absolute Gasteiger partial charge is 0.497 e. The number of allylic oxidation sites excluding steroid dienone is 1. The summed E-state index contributed by atoms with van der Waals surface area (Å²) in [6.45, 7) is 7.29. The predicted octanol–water partition coefficient (Wildman–Crippen LogP) is 6.38. The van der Waals surface area contributed by atoms with Crippen LogP contribution in [0.4, 0.5) is 0 Å². The molecule has 1 aliphatic rings. The van der Waals surface area contributed by atoms with Crippen LogP contribution in [0.25, 0.3) is 27.9 Å². The van der Waals surface area contributed by atoms with Gasteiger partial charge in [-0.1, -0.05) is 48.6 Å². The molecule has 5 rings (SSSR count). The Balaban J connectivity index is 1.39. The molecule has 1 fully saturated rings. The summed E-state index contributed by atoms with van der Waals surface area (Å²) in [5.41, 5.74) is 7.69. The van der Waals surface area contributed by atoms with Crippen molar-refractivity contribution in [3.63, 3.8) is 0 Å². The van der Waals surface area contributed by atoms with Crippen molar-refractivity contribution >= 4 is 28.5 Å². The monoisotopic (exact) mass is 535 g/mol. The van der Waals surface area contributed by atoms with Gasteiger partial charge in [-0.2, -0.15) is 0 Å². The van der Waals surface area contributed by atoms with Crippen molar-refractivity contribution in [2.45, 2.75) is 38.5 Å². The first-order valence-electron chi connectivity index (χ1n) is 13.5. The maximum Gasteiger partial charge on any atom is 0.303 e. The summed E-state index contributed by atoms with van der Waals surface area (Å²) in [6, 6.07) is 21.6. The van der Waals surface area contributed by atoms with Crippen molar-refractivity contribution in [2.75, 3.05) is 20.2 Å². The lowest BCUT2D eigenvalue weighted by Crippen LogP contribution is -2.48. The molecule has 4 aromatic rings. The third-order valence-electron chi connectivity index (χ3n) is 7.42. The van der Waals surface area contributed by atoms with E-state index in [4.69, 9.17) is 19.8 Å². The van der Waals surface area contributed by atoms with E-state index in [9.17, 15) is 9.59 Å². The SMILES string of the molecule is C=C(C)c1ccc(-c2nc3ccc(C(=O)N4CC(c5cccc(OC)c5)C4)cc3nc2CCCCC(=O)O)cc1. The maximum absolute atomic E-state index is 13.3. The van der Waals surface area contributed by atoms with Crippen molar-refractivity contribution in [3.05, 3.63) is 95.7 Å². The number of hydrogen-bond acceptors (Lipinski definition) is 5. The van der Waals surface area contributed by atoms with E-state index in [1.807, 2.05) is 72.5 Å². The van der Waals surface area contributed by atoms with Gasteiger partial charge in [0, 0.05) is 36.6 Å². The zero-order chi connectivity index (χ0) is 28.2. The first-order valence-corrected chi connectivity index (χ1v) is 13.5. The van der Waals surface area contributed by atoms with E-state index >= 15 is 0 Å². The Morgan fingerprint density at radius 1 is 0.975 bits per heavy atom. The zero-order valence-corrected chi connectivity index (χ0v) is 22.9. The van der Waals surface area contributed by atoms with E-state index in [0.29, 0.717) is 48.9 Å². The van der Waals surface area contributed by atoms with Gasteiger partial charge in [0.1, 0.15) is 5.75 Å². The van der Waals surface area contributed by atoms with Gasteiger partial charge < -0.3 is 14.7 Å². The Hall–Kier alpha value is -4.52. The molecule has 0 atom stereocenters. The fourth-order valence-corrected chi connectivity index (χ4v) is 5.04. The number of aliphatic carboxylic acids is 1. The summed E-state index contributed by atoms with van der Waals surface area (Å²) in [6.07, 6.45) is 1.96. The van der Waals surface area contributed by atoms with E-state index in [-0.39, 0.29) is 18.2 Å². The van der Waals surface area contributed by atoms with Crippen LogP contribution in [0.15, 0.2) is 73.3 Å². The van der Waals surface area contributed by atoms with Gasteiger partial charge in [-0.3, -0.25) is 9.59 Å². The molecule has 1 N–H and O–H groups in total. The van der Waals surface area contributed by atoms with Crippen molar-refractivity contribution < 1.29 is 19.4 Å². The Bertz CT molecular complexity index is 1570. The number of hydrogen-bond donors (Lipinski definition) is 1. The second-order valence-corrected chi connectivity index (χ2v) is 10.4. The van der Waals surface area contributed by atoms with Crippen LogP contribution >= 0.6 is 0 Å². The van der Waals surface area contributed by atoms with Crippen LogP contribution < -0.4 is 4.74 Å². The van der Waals surface area contributed by atoms with Crippen molar-refractivity contribution in [2.24, 2.45) is 0 Å². The van der Waals surface area contributed by atoms with Gasteiger partial charge >= 0.3 is 5.97 Å². The number of nitrogens with zero attached hydrogens (tertiary/aromatic N) is 3. The van der Waals surface area contributed by atoms with E-state index in [2.05, 4.69) is 12.6 Å². The van der Waals surface area contributed by atoms with Crippen molar-refractivity contribution in [1.82, 2.24) is 14.9 Å². The Labute approximate surface area is 234 Å². The molecule has 1 aliphatic heterocycles. The number of amides is 1. The van der Waals surface area contributed by atoms with Gasteiger partial charge in [-0.05, 0) is 67.6 Å². The van der Waals surface area contributed by atoms with E-state index in [1.54, 1.807) is 7.11 Å². The number of fused-ring (bicyclic) bond motifs is 1. The zero-order valence-electron chi connectivity index (χ0n) is 22.9. The molecule has 0 bridgehead atoms. The molecule has 1 aromatic heterocycles. The van der Waals surface area contributed by atoms with Gasteiger partial charge in [-0.25, -0.2) is 9.97 Å². The summed E-state index contributed by atoms with van der Waals surface area (Å²) in [5, 5.41) is 9.04. The predicted molar refractivity (Wildman–Crippen MR) is 157 cm³/mol. The quantitative estimate of drug-likeness (QED) is 0.237. The van der Waals surface area contributed by atoms with Crippen LogP contribution in [0, 0.1) is 0 Å².